The number of piperidine rings is 1. The summed E-state index contributed by atoms with van der Waals surface area (Å²) in [7, 11) is 2.15. The molecule has 1 saturated heterocycles. The number of aromatic nitrogens is 2. The number of likely N-dealkylation sites (tertiary alicyclic amines) is 1. The summed E-state index contributed by atoms with van der Waals surface area (Å²) >= 11 is 0. The number of hydrogen-bond acceptors (Lipinski definition) is 5. The second-order valence-electron chi connectivity index (χ2n) is 4.68. The van der Waals surface area contributed by atoms with Crippen molar-refractivity contribution < 1.29 is 0 Å². The maximum absolute atomic E-state index is 8.64. The van der Waals surface area contributed by atoms with E-state index in [4.69, 9.17) is 5.26 Å². The Morgan fingerprint density at radius 2 is 2.29 bits per heavy atom. The maximum Gasteiger partial charge on any atom is 0.158 e. The first kappa shape index (κ1) is 11.8. The average molecular weight is 231 g/mol. The molecule has 2 heterocycles. The molecule has 0 amide bonds. The minimum absolute atomic E-state index is 0.354. The summed E-state index contributed by atoms with van der Waals surface area (Å²) in [6.45, 7) is 4.44. The molecule has 0 saturated carbocycles. The van der Waals surface area contributed by atoms with Gasteiger partial charge in [0.05, 0.1) is 12.4 Å². The van der Waals surface area contributed by atoms with Gasteiger partial charge in [-0.05, 0) is 25.9 Å². The molecule has 2 rings (SSSR count). The lowest BCUT2D eigenvalue weighted by molar-refractivity contribution is 0.206. The van der Waals surface area contributed by atoms with Crippen LogP contribution in [0.5, 0.6) is 0 Å². The molecule has 1 aromatic rings. The van der Waals surface area contributed by atoms with Crippen molar-refractivity contribution in [2.75, 3.05) is 25.5 Å². The molecule has 1 aromatic heterocycles. The van der Waals surface area contributed by atoms with Gasteiger partial charge in [-0.25, -0.2) is 9.97 Å². The van der Waals surface area contributed by atoms with E-state index in [1.807, 2.05) is 6.07 Å². The Balaban J connectivity index is 1.98. The molecule has 0 bridgehead atoms. The van der Waals surface area contributed by atoms with E-state index in [-0.39, 0.29) is 0 Å². The van der Waals surface area contributed by atoms with Gasteiger partial charge in [-0.2, -0.15) is 5.26 Å². The number of anilines is 1. The van der Waals surface area contributed by atoms with Crippen LogP contribution in [0.2, 0.25) is 0 Å². The van der Waals surface area contributed by atoms with Gasteiger partial charge in [-0.1, -0.05) is 6.92 Å². The minimum Gasteiger partial charge on any atom is -0.366 e. The molecule has 17 heavy (non-hydrogen) atoms. The van der Waals surface area contributed by atoms with Gasteiger partial charge in [0.2, 0.25) is 0 Å². The highest BCUT2D eigenvalue weighted by Gasteiger charge is 2.24. The summed E-state index contributed by atoms with van der Waals surface area (Å²) in [5, 5.41) is 12.0. The predicted octanol–water partition coefficient (Wildman–Crippen LogP) is 1.10. The Hall–Kier alpha value is -1.67. The molecule has 5 heteroatoms. The van der Waals surface area contributed by atoms with Crippen molar-refractivity contribution >= 4 is 5.82 Å². The zero-order valence-corrected chi connectivity index (χ0v) is 10.2. The van der Waals surface area contributed by atoms with Crippen molar-refractivity contribution in [3.63, 3.8) is 0 Å². The molecule has 1 aliphatic heterocycles. The minimum atomic E-state index is 0.354. The lowest BCUT2D eigenvalue weighted by Crippen LogP contribution is -2.43. The molecular weight excluding hydrogens is 214 g/mol. The van der Waals surface area contributed by atoms with Crippen LogP contribution in [0.15, 0.2) is 12.4 Å². The molecule has 0 aromatic carbocycles. The first-order valence-electron chi connectivity index (χ1n) is 5.86. The van der Waals surface area contributed by atoms with Gasteiger partial charge < -0.3 is 10.2 Å². The Bertz CT molecular complexity index is 408. The Kier molecular flexibility index (Phi) is 3.55. The van der Waals surface area contributed by atoms with Crippen molar-refractivity contribution in [1.82, 2.24) is 14.9 Å². The molecule has 2 atom stereocenters. The molecule has 0 radical (unpaired) electrons. The number of rotatable bonds is 2. The molecular formula is C12H17N5. The molecule has 1 fully saturated rings. The van der Waals surface area contributed by atoms with Gasteiger partial charge in [0.15, 0.2) is 5.69 Å². The molecule has 5 nitrogen and oxygen atoms in total. The Morgan fingerprint density at radius 1 is 1.47 bits per heavy atom. The zero-order chi connectivity index (χ0) is 12.3. The first-order valence-corrected chi connectivity index (χ1v) is 5.86. The lowest BCUT2D eigenvalue weighted by Gasteiger charge is -2.35. The van der Waals surface area contributed by atoms with Crippen LogP contribution in [0.1, 0.15) is 19.0 Å². The van der Waals surface area contributed by atoms with E-state index in [0.717, 1.165) is 25.3 Å². The third-order valence-corrected chi connectivity index (χ3v) is 3.21. The van der Waals surface area contributed by atoms with E-state index >= 15 is 0 Å². The second kappa shape index (κ2) is 5.11. The van der Waals surface area contributed by atoms with Crippen LogP contribution in [0.25, 0.3) is 0 Å². The van der Waals surface area contributed by atoms with E-state index in [0.29, 0.717) is 17.7 Å². The van der Waals surface area contributed by atoms with Gasteiger partial charge in [0, 0.05) is 12.6 Å². The normalized spacial score (nSPS) is 25.2. The van der Waals surface area contributed by atoms with Crippen LogP contribution in [0, 0.1) is 17.2 Å². The lowest BCUT2D eigenvalue weighted by atomic mass is 9.94. The summed E-state index contributed by atoms with van der Waals surface area (Å²) in [5.41, 5.74) is 0.354. The summed E-state index contributed by atoms with van der Waals surface area (Å²) in [4.78, 5) is 10.5. The van der Waals surface area contributed by atoms with Crippen LogP contribution >= 0.6 is 0 Å². The van der Waals surface area contributed by atoms with Crippen molar-refractivity contribution in [2.45, 2.75) is 19.4 Å². The molecule has 90 valence electrons. The Labute approximate surface area is 101 Å². The predicted molar refractivity (Wildman–Crippen MR) is 65.4 cm³/mol. The number of nitriles is 1. The van der Waals surface area contributed by atoms with Crippen molar-refractivity contribution in [3.05, 3.63) is 18.1 Å². The van der Waals surface area contributed by atoms with Crippen LogP contribution < -0.4 is 5.32 Å². The highest BCUT2D eigenvalue weighted by Crippen LogP contribution is 2.18. The fourth-order valence-electron chi connectivity index (χ4n) is 2.22. The molecule has 0 spiro atoms. The Morgan fingerprint density at radius 3 is 2.88 bits per heavy atom. The summed E-state index contributed by atoms with van der Waals surface area (Å²) in [6, 6.07) is 2.40. The summed E-state index contributed by atoms with van der Waals surface area (Å²) in [6.07, 6.45) is 4.24. The third kappa shape index (κ3) is 2.92. The van der Waals surface area contributed by atoms with E-state index in [2.05, 4.69) is 34.2 Å². The van der Waals surface area contributed by atoms with E-state index in [9.17, 15) is 0 Å². The zero-order valence-electron chi connectivity index (χ0n) is 10.2. The monoisotopic (exact) mass is 231 g/mol. The highest BCUT2D eigenvalue weighted by molar-refractivity contribution is 5.34. The highest BCUT2D eigenvalue weighted by atomic mass is 15.1. The topological polar surface area (TPSA) is 64.8 Å². The van der Waals surface area contributed by atoms with Crippen LogP contribution in [-0.4, -0.2) is 41.0 Å². The van der Waals surface area contributed by atoms with Gasteiger partial charge in [-0.3, -0.25) is 0 Å². The molecule has 1 aliphatic rings. The van der Waals surface area contributed by atoms with Gasteiger partial charge in [-0.15, -0.1) is 0 Å². The van der Waals surface area contributed by atoms with Crippen LogP contribution in [-0.2, 0) is 0 Å². The fourth-order valence-corrected chi connectivity index (χ4v) is 2.22. The number of nitrogens with one attached hydrogen (secondary N) is 1. The first-order chi connectivity index (χ1) is 8.19. The second-order valence-corrected chi connectivity index (χ2v) is 4.68. The summed E-state index contributed by atoms with van der Waals surface area (Å²) < 4.78 is 0. The quantitative estimate of drug-likeness (QED) is 0.825. The fraction of sp³-hybridized carbons (Fsp3) is 0.583. The van der Waals surface area contributed by atoms with Crippen molar-refractivity contribution in [3.8, 4) is 6.07 Å². The SMILES string of the molecule is CC1CN(C)CCC1Nc1cnc(C#N)cn1. The summed E-state index contributed by atoms with van der Waals surface area (Å²) in [5.74, 6) is 1.34. The van der Waals surface area contributed by atoms with Gasteiger partial charge >= 0.3 is 0 Å². The van der Waals surface area contributed by atoms with Crippen molar-refractivity contribution in [1.29, 1.82) is 5.26 Å². The molecule has 0 aliphatic carbocycles. The largest absolute Gasteiger partial charge is 0.366 e. The van der Waals surface area contributed by atoms with E-state index < -0.39 is 0 Å². The van der Waals surface area contributed by atoms with E-state index in [1.54, 1.807) is 6.20 Å². The standard InChI is InChI=1S/C12H17N5/c1-9-8-17(2)4-3-11(9)16-12-7-14-10(5-13)6-15-12/h6-7,9,11H,3-4,8H2,1-2H3,(H,15,16). The molecule has 2 unspecified atom stereocenters. The smallest absolute Gasteiger partial charge is 0.158 e. The number of hydrogen-bond donors (Lipinski definition) is 1. The maximum atomic E-state index is 8.64. The van der Waals surface area contributed by atoms with E-state index in [1.165, 1.54) is 6.20 Å². The average Bonchev–Trinajstić information content (AvgIpc) is 2.34. The van der Waals surface area contributed by atoms with Crippen LogP contribution in [0.3, 0.4) is 0 Å². The third-order valence-electron chi connectivity index (χ3n) is 3.21. The van der Waals surface area contributed by atoms with Crippen LogP contribution in [0.4, 0.5) is 5.82 Å². The number of nitrogens with zero attached hydrogens (tertiary/aromatic N) is 4. The van der Waals surface area contributed by atoms with Crippen molar-refractivity contribution in [2.24, 2.45) is 5.92 Å². The molecule has 1 N–H and O–H groups in total. The van der Waals surface area contributed by atoms with Gasteiger partial charge in [0.25, 0.3) is 0 Å². The van der Waals surface area contributed by atoms with Gasteiger partial charge in [0.1, 0.15) is 11.9 Å².